The van der Waals surface area contributed by atoms with Gasteiger partial charge in [-0.15, -0.1) is 0 Å². The first-order valence-corrected chi connectivity index (χ1v) is 11.7. The van der Waals surface area contributed by atoms with Crippen LogP contribution in [0.3, 0.4) is 0 Å². The number of carboxylic acid groups (broad SMARTS) is 2. The molecule has 3 rings (SSSR count). The summed E-state index contributed by atoms with van der Waals surface area (Å²) in [4.78, 5) is 30.4. The second-order valence-corrected chi connectivity index (χ2v) is 9.08. The number of aromatic nitrogens is 1. The Morgan fingerprint density at radius 3 is 2.33 bits per heavy atom. The Labute approximate surface area is 189 Å². The number of hydrogen-bond acceptors (Lipinski definition) is 8. The smallest absolute Gasteiger partial charge is 0.341 e. The largest absolute Gasteiger partial charge is 0.480 e. The predicted octanol–water partition coefficient (Wildman–Crippen LogP) is -0.278. The van der Waals surface area contributed by atoms with E-state index in [4.69, 9.17) is 25.6 Å². The Morgan fingerprint density at radius 1 is 1.15 bits per heavy atom. The molecule has 180 valence electrons. The van der Waals surface area contributed by atoms with Crippen LogP contribution in [0.15, 0.2) is 54.9 Å². The van der Waals surface area contributed by atoms with Crippen LogP contribution < -0.4 is 10.3 Å². The molecule has 2 heterocycles. The van der Waals surface area contributed by atoms with Gasteiger partial charge in [0.2, 0.25) is 6.29 Å². The van der Waals surface area contributed by atoms with Gasteiger partial charge in [-0.1, -0.05) is 30.3 Å². The zero-order valence-electron chi connectivity index (χ0n) is 17.5. The number of carbonyl (C=O) groups is 2. The highest BCUT2D eigenvalue weighted by molar-refractivity contribution is 7.51. The lowest BCUT2D eigenvalue weighted by atomic mass is 10.1. The third-order valence-electron chi connectivity index (χ3n) is 4.47. The Hall–Kier alpha value is -2.70. The predicted molar refractivity (Wildman–Crippen MR) is 112 cm³/mol. The molecule has 0 spiro atoms. The van der Waals surface area contributed by atoms with E-state index in [0.29, 0.717) is 6.42 Å². The molecule has 0 bridgehead atoms. The average Bonchev–Trinajstić information content (AvgIpc) is 3.02. The molecule has 1 saturated heterocycles. The first kappa shape index (κ1) is 26.6. The van der Waals surface area contributed by atoms with Crippen molar-refractivity contribution in [3.8, 4) is 0 Å². The van der Waals surface area contributed by atoms with Crippen molar-refractivity contribution in [2.45, 2.75) is 37.2 Å². The summed E-state index contributed by atoms with van der Waals surface area (Å²) < 4.78 is 22.3. The summed E-state index contributed by atoms with van der Waals surface area (Å²) in [5.41, 5.74) is 6.25. The summed E-state index contributed by atoms with van der Waals surface area (Å²) in [6.45, 7) is 0.918. The highest BCUT2D eigenvalue weighted by Crippen LogP contribution is 2.42. The molecule has 1 aromatic carbocycles. The number of ether oxygens (including phenoxy) is 1. The van der Waals surface area contributed by atoms with E-state index in [1.54, 1.807) is 0 Å². The first-order chi connectivity index (χ1) is 15.4. The zero-order valence-corrected chi connectivity index (χ0v) is 18.4. The fourth-order valence-electron chi connectivity index (χ4n) is 2.89. The first-order valence-electron chi connectivity index (χ1n) is 9.65. The molecule has 0 amide bonds. The van der Waals surface area contributed by atoms with Crippen molar-refractivity contribution in [1.29, 1.82) is 0 Å². The Balaban J connectivity index is 0.000000273. The number of aliphatic hydroxyl groups excluding tert-OH is 2. The maximum absolute atomic E-state index is 11.2. The zero-order chi connectivity index (χ0) is 24.8. The van der Waals surface area contributed by atoms with E-state index in [1.807, 2.05) is 30.3 Å². The Kier molecular flexibility index (Phi) is 9.20. The van der Waals surface area contributed by atoms with E-state index >= 15 is 0 Å². The molecule has 2 aromatic rings. The molecular formula is C20H26N2O10P+. The van der Waals surface area contributed by atoms with Crippen molar-refractivity contribution < 1.29 is 53.3 Å². The number of nitrogens with two attached hydrogens (primary N) is 1. The summed E-state index contributed by atoms with van der Waals surface area (Å²) in [6.07, 6.45) is -2.61. The van der Waals surface area contributed by atoms with Crippen LogP contribution in [-0.2, 0) is 25.0 Å². The van der Waals surface area contributed by atoms with Gasteiger partial charge in [-0.25, -0.2) is 4.79 Å². The molecule has 2 unspecified atom stereocenters. The van der Waals surface area contributed by atoms with Gasteiger partial charge in [-0.3, -0.25) is 18.6 Å². The normalized spacial score (nSPS) is 24.8. The fourth-order valence-corrected chi connectivity index (χ4v) is 3.45. The second kappa shape index (κ2) is 11.4. The molecule has 1 fully saturated rings. The number of nitrogens with zero attached hydrogens (tertiary/aromatic N) is 1. The SMILES string of the molecule is CP(=O)(O)O[C@H]1O[C@@H]([n+]2cccc(C(=O)O)c2)[C@@H](O)[C@H]1O.NC(Cc1ccccc1)C(=O)O. The maximum atomic E-state index is 11.2. The van der Waals surface area contributed by atoms with Crippen LogP contribution in [0.1, 0.15) is 22.1 Å². The summed E-state index contributed by atoms with van der Waals surface area (Å²) >= 11 is 0. The number of benzene rings is 1. The number of pyridine rings is 1. The minimum atomic E-state index is -3.92. The quantitative estimate of drug-likeness (QED) is 0.222. The van der Waals surface area contributed by atoms with Gasteiger partial charge in [0.25, 0.3) is 6.23 Å². The lowest BCUT2D eigenvalue weighted by molar-refractivity contribution is -0.767. The van der Waals surface area contributed by atoms with Crippen molar-refractivity contribution in [2.24, 2.45) is 5.73 Å². The lowest BCUT2D eigenvalue weighted by Gasteiger charge is -2.15. The van der Waals surface area contributed by atoms with Crippen molar-refractivity contribution >= 4 is 19.5 Å². The van der Waals surface area contributed by atoms with E-state index in [2.05, 4.69) is 4.52 Å². The van der Waals surface area contributed by atoms with Crippen LogP contribution in [0, 0.1) is 0 Å². The minimum absolute atomic E-state index is 0.0459. The fraction of sp³-hybridized carbons (Fsp3) is 0.350. The summed E-state index contributed by atoms with van der Waals surface area (Å²) in [5, 5.41) is 37.1. The topological polar surface area (TPSA) is 201 Å². The van der Waals surface area contributed by atoms with Crippen LogP contribution in [0.25, 0.3) is 0 Å². The van der Waals surface area contributed by atoms with Crippen LogP contribution in [0.4, 0.5) is 0 Å². The monoisotopic (exact) mass is 485 g/mol. The van der Waals surface area contributed by atoms with Crippen LogP contribution in [0.2, 0.25) is 0 Å². The van der Waals surface area contributed by atoms with E-state index in [-0.39, 0.29) is 5.56 Å². The highest BCUT2D eigenvalue weighted by atomic mass is 31.2. The standard InChI is InChI=1S/C11H14NO8P.C9H11NO2/c1-21(17,18)20-11-8(14)7(13)9(19-11)12-4-2-3-6(5-12)10(15)16;10-8(9(11)12)6-7-4-2-1-3-5-7/h2-5,7-9,11,13-14H,1H3,(H-,15,16,17,18);1-5,8H,6,10H2,(H,11,12)/p+1/t7-,8+,9+,11+;/m0./s1. The molecule has 13 heteroatoms. The molecule has 0 radical (unpaired) electrons. The summed E-state index contributed by atoms with van der Waals surface area (Å²) in [6, 6.07) is 11.3. The van der Waals surface area contributed by atoms with Gasteiger partial charge in [-0.05, 0) is 18.1 Å². The maximum Gasteiger partial charge on any atom is 0.341 e. The third kappa shape index (κ3) is 7.98. The van der Waals surface area contributed by atoms with Crippen LogP contribution in [-0.4, -0.2) is 68.5 Å². The summed E-state index contributed by atoms with van der Waals surface area (Å²) in [7, 11) is -3.92. The van der Waals surface area contributed by atoms with Gasteiger partial charge >= 0.3 is 19.5 Å². The van der Waals surface area contributed by atoms with Crippen molar-refractivity contribution in [2.75, 3.05) is 6.66 Å². The number of aliphatic hydroxyl groups is 2. The van der Waals surface area contributed by atoms with Gasteiger partial charge in [0.05, 0.1) is 0 Å². The van der Waals surface area contributed by atoms with Gasteiger partial charge in [0, 0.05) is 12.7 Å². The number of carboxylic acids is 2. The van der Waals surface area contributed by atoms with Crippen molar-refractivity contribution in [3.63, 3.8) is 0 Å². The van der Waals surface area contributed by atoms with E-state index in [1.165, 1.54) is 29.1 Å². The van der Waals surface area contributed by atoms with E-state index in [9.17, 15) is 24.4 Å². The molecule has 7 N–H and O–H groups in total. The molecule has 0 aliphatic carbocycles. The molecule has 1 aromatic heterocycles. The molecule has 1 aliphatic rings. The Bertz CT molecular complexity index is 999. The molecule has 1 aliphatic heterocycles. The van der Waals surface area contributed by atoms with Crippen LogP contribution in [0.5, 0.6) is 0 Å². The molecular weight excluding hydrogens is 459 g/mol. The number of hydrogen-bond donors (Lipinski definition) is 6. The minimum Gasteiger partial charge on any atom is -0.480 e. The molecule has 33 heavy (non-hydrogen) atoms. The van der Waals surface area contributed by atoms with Gasteiger partial charge < -0.3 is 31.1 Å². The van der Waals surface area contributed by atoms with E-state index in [0.717, 1.165) is 12.2 Å². The third-order valence-corrected chi connectivity index (χ3v) is 5.07. The number of rotatable bonds is 7. The molecule has 0 saturated carbocycles. The highest BCUT2D eigenvalue weighted by Gasteiger charge is 2.50. The number of aromatic carboxylic acids is 1. The summed E-state index contributed by atoms with van der Waals surface area (Å²) in [5.74, 6) is -2.13. The van der Waals surface area contributed by atoms with Gasteiger partial charge in [-0.2, -0.15) is 4.57 Å². The molecule has 6 atom stereocenters. The number of aliphatic carboxylic acids is 1. The average molecular weight is 485 g/mol. The van der Waals surface area contributed by atoms with Crippen molar-refractivity contribution in [1.82, 2.24) is 0 Å². The Morgan fingerprint density at radius 2 is 1.79 bits per heavy atom. The molecule has 12 nitrogen and oxygen atoms in total. The lowest BCUT2D eigenvalue weighted by Crippen LogP contribution is -2.46. The van der Waals surface area contributed by atoms with Crippen molar-refractivity contribution in [3.05, 3.63) is 66.0 Å². The van der Waals surface area contributed by atoms with Crippen LogP contribution >= 0.6 is 7.60 Å². The second-order valence-electron chi connectivity index (χ2n) is 7.26. The van der Waals surface area contributed by atoms with E-state index < -0.39 is 50.3 Å². The van der Waals surface area contributed by atoms with Gasteiger partial charge in [0.1, 0.15) is 17.7 Å². The van der Waals surface area contributed by atoms with Gasteiger partial charge in [0.15, 0.2) is 18.5 Å².